The molecule has 3 aromatic heterocycles. The Hall–Kier alpha value is -6.24. The largest absolute Gasteiger partial charge is 0.468 e. The first-order chi connectivity index (χ1) is 28.1. The number of thiophene rings is 1. The molecule has 0 fully saturated rings. The van der Waals surface area contributed by atoms with Gasteiger partial charge in [-0.15, -0.1) is 11.3 Å². The average molecular weight is 766 g/mol. The predicted octanol–water partition coefficient (Wildman–Crippen LogP) is 12.9. The molecule has 13 rings (SSSR count). The van der Waals surface area contributed by atoms with E-state index in [1.807, 2.05) is 11.3 Å². The highest BCUT2D eigenvalue weighted by Gasteiger charge is 2.49. The number of fused-ring (bicyclic) bond motifs is 14. The third-order valence-corrected chi connectivity index (χ3v) is 14.3. The molecule has 0 unspecified atom stereocenters. The van der Waals surface area contributed by atoms with Crippen LogP contribution in [-0.2, 0) is 10.8 Å². The molecule has 0 spiro atoms. The molecule has 6 heterocycles. The average Bonchev–Trinajstić information content (AvgIpc) is 3.90. The van der Waals surface area contributed by atoms with E-state index in [9.17, 15) is 0 Å². The van der Waals surface area contributed by atoms with E-state index in [0.29, 0.717) is 0 Å². The molecule has 0 bridgehead atoms. The van der Waals surface area contributed by atoms with Crippen LogP contribution < -0.4 is 26.4 Å². The highest BCUT2D eigenvalue weighted by Crippen LogP contribution is 2.55. The number of anilines is 6. The van der Waals surface area contributed by atoms with Gasteiger partial charge in [-0.3, -0.25) is 0 Å². The second-order valence-electron chi connectivity index (χ2n) is 18.5. The Kier molecular flexibility index (Phi) is 6.12. The Morgan fingerprint density at radius 2 is 1.17 bits per heavy atom. The number of hydrogen-bond acceptors (Lipinski definition) is 4. The second kappa shape index (κ2) is 10.8. The summed E-state index contributed by atoms with van der Waals surface area (Å²) in [4.78, 5) is 5.19. The van der Waals surface area contributed by atoms with Gasteiger partial charge in [0, 0.05) is 47.7 Å². The summed E-state index contributed by atoms with van der Waals surface area (Å²) < 4.78 is 12.4. The molecule has 278 valence electrons. The van der Waals surface area contributed by atoms with Gasteiger partial charge < -0.3 is 18.8 Å². The molecular weight excluding hydrogens is 725 g/mol. The smallest absolute Gasteiger partial charge is 0.297 e. The molecule has 10 aromatic rings. The number of furan rings is 1. The predicted molar refractivity (Wildman–Crippen MR) is 248 cm³/mol. The van der Waals surface area contributed by atoms with Crippen molar-refractivity contribution in [1.82, 2.24) is 4.57 Å². The van der Waals surface area contributed by atoms with Crippen molar-refractivity contribution in [2.24, 2.45) is 0 Å². The molecule has 3 aliphatic heterocycles. The molecule has 0 atom stereocenters. The minimum Gasteiger partial charge on any atom is -0.468 e. The van der Waals surface area contributed by atoms with Crippen LogP contribution >= 0.6 is 11.3 Å². The van der Waals surface area contributed by atoms with Crippen molar-refractivity contribution < 1.29 is 4.42 Å². The molecule has 0 radical (unpaired) electrons. The fourth-order valence-corrected chi connectivity index (χ4v) is 11.6. The first-order valence-electron chi connectivity index (χ1n) is 20.5. The van der Waals surface area contributed by atoms with Crippen molar-refractivity contribution in [3.63, 3.8) is 0 Å². The minimum absolute atomic E-state index is 0.0337. The van der Waals surface area contributed by atoms with Gasteiger partial charge in [-0.2, -0.15) is 0 Å². The maximum Gasteiger partial charge on any atom is 0.297 e. The van der Waals surface area contributed by atoms with Gasteiger partial charge in [0.05, 0.1) is 45.1 Å². The van der Waals surface area contributed by atoms with E-state index in [0.717, 1.165) is 22.3 Å². The van der Waals surface area contributed by atoms with Crippen LogP contribution in [-0.4, -0.2) is 11.3 Å². The summed E-state index contributed by atoms with van der Waals surface area (Å²) in [5.74, 6) is 0. The lowest BCUT2D eigenvalue weighted by Gasteiger charge is -2.45. The standard InChI is InChI=1S/C52H40BN3OS/c1-51(2,3)29-24-25-42-34(26-29)48-50(57-42)53-35-17-12-21-39-49(35)56(38-20-11-16-32-31-14-7-9-18-36(31)54(39)47(32)38)41-28-30(52(4,5)6)27-40(46(41)53)55(48)37-19-13-23-44-45(37)33-15-8-10-22-43(33)58-44/h7-28H,1-6H3. The van der Waals surface area contributed by atoms with Crippen LogP contribution in [0.5, 0.6) is 0 Å². The molecule has 4 nitrogen and oxygen atoms in total. The number of rotatable bonds is 1. The summed E-state index contributed by atoms with van der Waals surface area (Å²) in [5, 5.41) is 6.28. The molecule has 6 heteroatoms. The quantitative estimate of drug-likeness (QED) is 0.156. The summed E-state index contributed by atoms with van der Waals surface area (Å²) in [5.41, 5.74) is 17.9. The summed E-state index contributed by atoms with van der Waals surface area (Å²) in [7, 11) is 0. The van der Waals surface area contributed by atoms with Crippen LogP contribution in [0.25, 0.3) is 58.6 Å². The molecule has 0 aliphatic carbocycles. The Morgan fingerprint density at radius 3 is 1.98 bits per heavy atom. The first kappa shape index (κ1) is 32.8. The van der Waals surface area contributed by atoms with Crippen molar-refractivity contribution in [1.29, 1.82) is 0 Å². The van der Waals surface area contributed by atoms with Crippen LogP contribution in [0.2, 0.25) is 0 Å². The fraction of sp³-hybridized carbons (Fsp3) is 0.154. The zero-order valence-corrected chi connectivity index (χ0v) is 34.3. The molecule has 7 aromatic carbocycles. The van der Waals surface area contributed by atoms with Gasteiger partial charge in [0.25, 0.3) is 6.71 Å². The van der Waals surface area contributed by atoms with Gasteiger partial charge in [0.2, 0.25) is 0 Å². The molecule has 3 aliphatic rings. The van der Waals surface area contributed by atoms with Crippen LogP contribution in [0.15, 0.2) is 138 Å². The van der Waals surface area contributed by atoms with E-state index in [-0.39, 0.29) is 17.5 Å². The monoisotopic (exact) mass is 765 g/mol. The van der Waals surface area contributed by atoms with Crippen molar-refractivity contribution in [3.05, 3.63) is 145 Å². The molecule has 0 saturated heterocycles. The zero-order chi connectivity index (χ0) is 39.0. The Morgan fingerprint density at radius 1 is 0.517 bits per heavy atom. The molecule has 0 saturated carbocycles. The SMILES string of the molecule is CC(C)(C)c1cc2c3c(c1)N1c4c(cccc4-n4c5ccccc5c5cccc1c54)B3c1oc3ccc(C(C)(C)C)cc3c1N2c1cccc2sc3ccccc3c12. The minimum atomic E-state index is -0.123. The maximum absolute atomic E-state index is 7.34. The highest BCUT2D eigenvalue weighted by atomic mass is 32.1. The summed E-state index contributed by atoms with van der Waals surface area (Å²) in [6.07, 6.45) is 0. The van der Waals surface area contributed by atoms with Gasteiger partial charge in [0.1, 0.15) is 5.58 Å². The highest BCUT2D eigenvalue weighted by molar-refractivity contribution is 7.26. The molecular formula is C52H40BN3OS. The van der Waals surface area contributed by atoms with Gasteiger partial charge in [-0.25, -0.2) is 0 Å². The van der Waals surface area contributed by atoms with Crippen molar-refractivity contribution in [2.75, 3.05) is 9.80 Å². The maximum atomic E-state index is 7.34. The number of nitrogens with zero attached hydrogens (tertiary/aromatic N) is 3. The first-order valence-corrected chi connectivity index (χ1v) is 21.3. The van der Waals surface area contributed by atoms with Gasteiger partial charge >= 0.3 is 0 Å². The second-order valence-corrected chi connectivity index (χ2v) is 19.6. The van der Waals surface area contributed by atoms with E-state index in [1.54, 1.807) is 0 Å². The van der Waals surface area contributed by atoms with Crippen molar-refractivity contribution in [2.45, 2.75) is 52.4 Å². The Bertz CT molecular complexity index is 3460. The van der Waals surface area contributed by atoms with Crippen LogP contribution in [0.1, 0.15) is 52.7 Å². The summed E-state index contributed by atoms with van der Waals surface area (Å²) in [6, 6.07) is 50.3. The number of hydrogen-bond donors (Lipinski definition) is 0. The fourth-order valence-electron chi connectivity index (χ4n) is 10.5. The lowest BCUT2D eigenvalue weighted by Crippen LogP contribution is -2.61. The third-order valence-electron chi connectivity index (χ3n) is 13.2. The van der Waals surface area contributed by atoms with E-state index < -0.39 is 0 Å². The van der Waals surface area contributed by atoms with Crippen molar-refractivity contribution in [3.8, 4) is 5.69 Å². The number of para-hydroxylation sites is 3. The van der Waals surface area contributed by atoms with Crippen LogP contribution in [0.3, 0.4) is 0 Å². The van der Waals surface area contributed by atoms with Crippen molar-refractivity contribution >= 4 is 122 Å². The normalized spacial score (nSPS) is 14.3. The van der Waals surface area contributed by atoms with Gasteiger partial charge in [-0.1, -0.05) is 114 Å². The van der Waals surface area contributed by atoms with Crippen LogP contribution in [0.4, 0.5) is 34.1 Å². The van der Waals surface area contributed by atoms with E-state index >= 15 is 0 Å². The lowest BCUT2D eigenvalue weighted by molar-refractivity contribution is 0.590. The molecule has 58 heavy (non-hydrogen) atoms. The van der Waals surface area contributed by atoms with Gasteiger partial charge in [-0.05, 0) is 93.5 Å². The summed E-state index contributed by atoms with van der Waals surface area (Å²) in [6.45, 7) is 13.8. The molecule has 0 N–H and O–H groups in total. The number of benzene rings is 7. The number of aromatic nitrogens is 1. The van der Waals surface area contributed by atoms with E-state index in [4.69, 9.17) is 4.42 Å². The Balaban J connectivity index is 1.23. The lowest BCUT2D eigenvalue weighted by atomic mass is 9.35. The topological polar surface area (TPSA) is 24.6 Å². The zero-order valence-electron chi connectivity index (χ0n) is 33.4. The molecule has 0 amide bonds. The third kappa shape index (κ3) is 4.06. The van der Waals surface area contributed by atoms with E-state index in [1.165, 1.54) is 98.2 Å². The van der Waals surface area contributed by atoms with E-state index in [2.05, 4.69) is 189 Å². The Labute approximate surface area is 341 Å². The van der Waals surface area contributed by atoms with Crippen LogP contribution in [0, 0.1) is 0 Å². The van der Waals surface area contributed by atoms with Gasteiger partial charge in [0.15, 0.2) is 0 Å². The summed E-state index contributed by atoms with van der Waals surface area (Å²) >= 11 is 1.88.